The molecule has 1 aliphatic heterocycles. The van der Waals surface area contributed by atoms with E-state index in [1.54, 1.807) is 34.8 Å². The van der Waals surface area contributed by atoms with Crippen LogP contribution in [0.2, 0.25) is 0 Å². The molecule has 0 atom stereocenters. The molecule has 1 aliphatic rings. The fourth-order valence-corrected chi connectivity index (χ4v) is 4.16. The molecule has 2 aromatic carbocycles. The van der Waals surface area contributed by atoms with Crippen molar-refractivity contribution in [2.75, 3.05) is 13.1 Å². The van der Waals surface area contributed by atoms with E-state index in [0.717, 1.165) is 30.5 Å². The Morgan fingerprint density at radius 2 is 1.52 bits per heavy atom. The summed E-state index contributed by atoms with van der Waals surface area (Å²) >= 11 is 0. The number of piperidine rings is 1. The molecule has 0 bridgehead atoms. The third kappa shape index (κ3) is 3.86. The fourth-order valence-electron chi connectivity index (χ4n) is 2.65. The van der Waals surface area contributed by atoms with Crippen molar-refractivity contribution in [2.45, 2.75) is 24.2 Å². The van der Waals surface area contributed by atoms with Crippen LogP contribution in [0.4, 0.5) is 5.69 Å². The Morgan fingerprint density at radius 3 is 2.17 bits per heavy atom. The molecular formula is C18H20N2O2S. The van der Waals surface area contributed by atoms with Crippen LogP contribution in [0.1, 0.15) is 24.8 Å². The quantitative estimate of drug-likeness (QED) is 0.805. The molecule has 120 valence electrons. The Hall–Kier alpha value is -1.98. The van der Waals surface area contributed by atoms with Gasteiger partial charge in [0.05, 0.1) is 10.6 Å². The first-order chi connectivity index (χ1) is 11.2. The molecule has 1 fully saturated rings. The van der Waals surface area contributed by atoms with Gasteiger partial charge >= 0.3 is 0 Å². The van der Waals surface area contributed by atoms with E-state index in [9.17, 15) is 8.42 Å². The van der Waals surface area contributed by atoms with Gasteiger partial charge in [-0.05, 0) is 42.7 Å². The summed E-state index contributed by atoms with van der Waals surface area (Å²) in [6, 6.07) is 16.6. The van der Waals surface area contributed by atoms with Gasteiger partial charge in [-0.1, -0.05) is 36.8 Å². The molecule has 0 radical (unpaired) electrons. The van der Waals surface area contributed by atoms with Gasteiger partial charge in [0.1, 0.15) is 0 Å². The third-order valence-electron chi connectivity index (χ3n) is 3.95. The zero-order chi connectivity index (χ0) is 16.1. The highest BCUT2D eigenvalue weighted by Gasteiger charge is 2.25. The zero-order valence-corrected chi connectivity index (χ0v) is 13.7. The van der Waals surface area contributed by atoms with Crippen molar-refractivity contribution in [3.05, 3.63) is 60.2 Å². The van der Waals surface area contributed by atoms with Gasteiger partial charge in [0.15, 0.2) is 0 Å². The van der Waals surface area contributed by atoms with Crippen molar-refractivity contribution in [1.29, 1.82) is 0 Å². The number of nitrogens with zero attached hydrogens (tertiary/aromatic N) is 2. The number of rotatable bonds is 4. The zero-order valence-electron chi connectivity index (χ0n) is 12.9. The highest BCUT2D eigenvalue weighted by Crippen LogP contribution is 2.22. The number of hydrogen-bond acceptors (Lipinski definition) is 3. The van der Waals surface area contributed by atoms with Crippen molar-refractivity contribution >= 4 is 21.9 Å². The summed E-state index contributed by atoms with van der Waals surface area (Å²) in [4.78, 5) is 4.72. The van der Waals surface area contributed by atoms with Crippen LogP contribution in [-0.2, 0) is 10.0 Å². The van der Waals surface area contributed by atoms with E-state index in [1.807, 2.05) is 30.3 Å². The molecular weight excluding hydrogens is 308 g/mol. The summed E-state index contributed by atoms with van der Waals surface area (Å²) in [6.07, 6.45) is 4.77. The van der Waals surface area contributed by atoms with Gasteiger partial charge in [-0.25, -0.2) is 8.42 Å². The van der Waals surface area contributed by atoms with E-state index >= 15 is 0 Å². The lowest BCUT2D eigenvalue weighted by molar-refractivity contribution is 0.346. The van der Waals surface area contributed by atoms with Crippen molar-refractivity contribution in [1.82, 2.24) is 4.31 Å². The van der Waals surface area contributed by atoms with Gasteiger partial charge in [-0.2, -0.15) is 4.31 Å². The molecule has 0 aliphatic carbocycles. The van der Waals surface area contributed by atoms with Gasteiger partial charge in [0.25, 0.3) is 0 Å². The lowest BCUT2D eigenvalue weighted by Crippen LogP contribution is -2.35. The van der Waals surface area contributed by atoms with Crippen LogP contribution in [0.3, 0.4) is 0 Å². The Morgan fingerprint density at radius 1 is 0.870 bits per heavy atom. The monoisotopic (exact) mass is 328 g/mol. The molecule has 23 heavy (non-hydrogen) atoms. The number of hydrogen-bond donors (Lipinski definition) is 0. The minimum Gasteiger partial charge on any atom is -0.256 e. The van der Waals surface area contributed by atoms with Crippen molar-refractivity contribution in [2.24, 2.45) is 4.99 Å². The lowest BCUT2D eigenvalue weighted by Gasteiger charge is -2.25. The number of benzene rings is 2. The Bertz CT molecular complexity index is 762. The van der Waals surface area contributed by atoms with E-state index in [-0.39, 0.29) is 0 Å². The normalized spacial score (nSPS) is 16.7. The summed E-state index contributed by atoms with van der Waals surface area (Å²) in [6.45, 7) is 1.24. The first-order valence-corrected chi connectivity index (χ1v) is 9.30. The molecule has 3 rings (SSSR count). The largest absolute Gasteiger partial charge is 0.256 e. The smallest absolute Gasteiger partial charge is 0.243 e. The second kappa shape index (κ2) is 7.06. The minimum atomic E-state index is -3.36. The maximum Gasteiger partial charge on any atom is 0.243 e. The van der Waals surface area contributed by atoms with Gasteiger partial charge in [0, 0.05) is 19.3 Å². The molecule has 4 nitrogen and oxygen atoms in total. The molecule has 1 heterocycles. The topological polar surface area (TPSA) is 49.7 Å². The molecule has 0 unspecified atom stereocenters. The van der Waals surface area contributed by atoms with Crippen LogP contribution in [-0.4, -0.2) is 32.0 Å². The van der Waals surface area contributed by atoms with E-state index in [1.165, 1.54) is 0 Å². The molecule has 5 heteroatoms. The second-order valence-electron chi connectivity index (χ2n) is 5.63. The number of aliphatic imine (C=N–C) groups is 1. The Balaban J connectivity index is 1.75. The first kappa shape index (κ1) is 15.9. The Kier molecular flexibility index (Phi) is 4.88. The SMILES string of the molecule is O=S(=O)(c1ccc(N=Cc2ccccc2)cc1)N1CCCCC1. The molecule has 0 saturated carbocycles. The van der Waals surface area contributed by atoms with Crippen LogP contribution in [0.25, 0.3) is 0 Å². The Labute approximate surface area is 137 Å². The molecule has 0 N–H and O–H groups in total. The first-order valence-electron chi connectivity index (χ1n) is 7.86. The summed E-state index contributed by atoms with van der Waals surface area (Å²) in [5, 5.41) is 0. The predicted molar refractivity (Wildman–Crippen MR) is 92.7 cm³/mol. The molecule has 1 saturated heterocycles. The fraction of sp³-hybridized carbons (Fsp3) is 0.278. The van der Waals surface area contributed by atoms with E-state index in [0.29, 0.717) is 18.0 Å². The van der Waals surface area contributed by atoms with Crippen molar-refractivity contribution in [3.63, 3.8) is 0 Å². The van der Waals surface area contributed by atoms with Gasteiger partial charge in [-0.3, -0.25) is 4.99 Å². The average molecular weight is 328 g/mol. The van der Waals surface area contributed by atoms with E-state index in [4.69, 9.17) is 0 Å². The second-order valence-corrected chi connectivity index (χ2v) is 7.57. The van der Waals surface area contributed by atoms with Crippen LogP contribution in [0, 0.1) is 0 Å². The van der Waals surface area contributed by atoms with Crippen molar-refractivity contribution < 1.29 is 8.42 Å². The standard InChI is InChI=1S/C18H20N2O2S/c21-23(22,20-13-5-2-6-14-20)18-11-9-17(10-12-18)19-15-16-7-3-1-4-8-16/h1,3-4,7-12,15H,2,5-6,13-14H2. The maximum absolute atomic E-state index is 12.6. The van der Waals surface area contributed by atoms with Gasteiger partial charge in [-0.15, -0.1) is 0 Å². The van der Waals surface area contributed by atoms with Gasteiger partial charge in [0.2, 0.25) is 10.0 Å². The minimum absolute atomic E-state index is 0.345. The van der Waals surface area contributed by atoms with Gasteiger partial charge < -0.3 is 0 Å². The van der Waals surface area contributed by atoms with Crippen LogP contribution in [0.15, 0.2) is 64.5 Å². The molecule has 0 aromatic heterocycles. The molecule has 2 aromatic rings. The molecule has 0 spiro atoms. The highest BCUT2D eigenvalue weighted by molar-refractivity contribution is 7.89. The average Bonchev–Trinajstić information content (AvgIpc) is 2.62. The lowest BCUT2D eigenvalue weighted by atomic mass is 10.2. The maximum atomic E-state index is 12.6. The predicted octanol–water partition coefficient (Wildman–Crippen LogP) is 3.61. The van der Waals surface area contributed by atoms with Crippen LogP contribution in [0.5, 0.6) is 0 Å². The third-order valence-corrected chi connectivity index (χ3v) is 5.86. The van der Waals surface area contributed by atoms with E-state index < -0.39 is 10.0 Å². The number of sulfonamides is 1. The van der Waals surface area contributed by atoms with Crippen molar-refractivity contribution in [3.8, 4) is 0 Å². The highest BCUT2D eigenvalue weighted by atomic mass is 32.2. The molecule has 0 amide bonds. The summed E-state index contributed by atoms with van der Waals surface area (Å²) in [7, 11) is -3.36. The summed E-state index contributed by atoms with van der Waals surface area (Å²) in [5.41, 5.74) is 1.75. The van der Waals surface area contributed by atoms with E-state index in [2.05, 4.69) is 4.99 Å². The van der Waals surface area contributed by atoms with Crippen LogP contribution >= 0.6 is 0 Å². The van der Waals surface area contributed by atoms with Crippen LogP contribution < -0.4 is 0 Å². The summed E-state index contributed by atoms with van der Waals surface area (Å²) in [5.74, 6) is 0. The summed E-state index contributed by atoms with van der Waals surface area (Å²) < 4.78 is 26.7.